The Morgan fingerprint density at radius 2 is 1.96 bits per heavy atom. The van der Waals surface area contributed by atoms with Gasteiger partial charge >= 0.3 is 0 Å². The van der Waals surface area contributed by atoms with Crippen molar-refractivity contribution in [1.82, 2.24) is 5.32 Å². The summed E-state index contributed by atoms with van der Waals surface area (Å²) in [5.74, 6) is -0.249. The normalized spacial score (nSPS) is 11.6. The van der Waals surface area contributed by atoms with Crippen LogP contribution in [0.1, 0.15) is 22.8 Å². The van der Waals surface area contributed by atoms with Crippen molar-refractivity contribution in [3.05, 3.63) is 64.7 Å². The predicted molar refractivity (Wildman–Crippen MR) is 88.3 cm³/mol. The molecule has 0 heterocycles. The van der Waals surface area contributed by atoms with Gasteiger partial charge < -0.3 is 15.8 Å². The van der Waals surface area contributed by atoms with Gasteiger partial charge in [-0.2, -0.15) is 0 Å². The van der Waals surface area contributed by atoms with Gasteiger partial charge in [0.15, 0.2) is 6.10 Å². The zero-order valence-electron chi connectivity index (χ0n) is 12.6. The highest BCUT2D eigenvalue weighted by Gasteiger charge is 2.14. The molecule has 0 aromatic heterocycles. The summed E-state index contributed by atoms with van der Waals surface area (Å²) in [6.45, 7) is 1.93. The monoisotopic (exact) mass is 332 g/mol. The first-order valence-corrected chi connectivity index (χ1v) is 7.42. The fourth-order valence-electron chi connectivity index (χ4n) is 1.97. The molecule has 3 N–H and O–H groups in total. The zero-order chi connectivity index (χ0) is 16.8. The van der Waals surface area contributed by atoms with Crippen molar-refractivity contribution >= 4 is 23.4 Å². The van der Waals surface area contributed by atoms with E-state index in [9.17, 15) is 9.59 Å². The third-order valence-electron chi connectivity index (χ3n) is 3.16. The highest BCUT2D eigenvalue weighted by molar-refractivity contribution is 6.30. The number of nitrogens with one attached hydrogen (secondary N) is 1. The molecule has 0 aliphatic carbocycles. The summed E-state index contributed by atoms with van der Waals surface area (Å²) in [4.78, 5) is 23.2. The van der Waals surface area contributed by atoms with E-state index in [1.807, 2.05) is 0 Å². The summed E-state index contributed by atoms with van der Waals surface area (Å²) in [6, 6.07) is 13.6. The largest absolute Gasteiger partial charge is 0.481 e. The number of benzene rings is 2. The van der Waals surface area contributed by atoms with Gasteiger partial charge in [0, 0.05) is 17.1 Å². The van der Waals surface area contributed by atoms with Crippen LogP contribution in [-0.4, -0.2) is 17.9 Å². The Hall–Kier alpha value is -2.53. The highest BCUT2D eigenvalue weighted by atomic mass is 35.5. The van der Waals surface area contributed by atoms with Crippen molar-refractivity contribution in [2.24, 2.45) is 5.73 Å². The lowest BCUT2D eigenvalue weighted by Crippen LogP contribution is -2.35. The van der Waals surface area contributed by atoms with Crippen LogP contribution in [0.5, 0.6) is 5.75 Å². The Morgan fingerprint density at radius 3 is 2.65 bits per heavy atom. The van der Waals surface area contributed by atoms with Crippen molar-refractivity contribution in [3.8, 4) is 5.75 Å². The lowest BCUT2D eigenvalue weighted by Gasteiger charge is -2.15. The van der Waals surface area contributed by atoms with E-state index in [1.165, 1.54) is 0 Å². The van der Waals surface area contributed by atoms with Gasteiger partial charge in [0.05, 0.1) is 0 Å². The minimum absolute atomic E-state index is 0.269. The molecular weight excluding hydrogens is 316 g/mol. The van der Waals surface area contributed by atoms with Crippen molar-refractivity contribution in [1.29, 1.82) is 0 Å². The van der Waals surface area contributed by atoms with Crippen molar-refractivity contribution in [2.45, 2.75) is 19.6 Å². The summed E-state index contributed by atoms with van der Waals surface area (Å²) in [7, 11) is 0. The average Bonchev–Trinajstić information content (AvgIpc) is 2.52. The van der Waals surface area contributed by atoms with E-state index >= 15 is 0 Å². The molecule has 1 unspecified atom stereocenters. The minimum Gasteiger partial charge on any atom is -0.481 e. The number of primary amides is 1. The molecule has 1 atom stereocenters. The lowest BCUT2D eigenvalue weighted by molar-refractivity contribution is -0.127. The van der Waals surface area contributed by atoms with E-state index < -0.39 is 12.0 Å². The second-order valence-corrected chi connectivity index (χ2v) is 5.44. The molecule has 0 bridgehead atoms. The molecule has 0 aliphatic rings. The standard InChI is InChI=1S/C17H17ClN2O3/c1-11(23-15-7-3-6-14(18)9-15)17(22)20-10-12-4-2-5-13(8-12)16(19)21/h2-9,11H,10H2,1H3,(H2,19,21)(H,20,22). The van der Waals surface area contributed by atoms with Crippen molar-refractivity contribution in [2.75, 3.05) is 0 Å². The number of halogens is 1. The molecular formula is C17H17ClN2O3. The summed E-state index contributed by atoms with van der Waals surface area (Å²) in [6.07, 6.45) is -0.673. The first-order valence-electron chi connectivity index (χ1n) is 7.04. The van der Waals surface area contributed by atoms with Gasteiger partial charge in [-0.15, -0.1) is 0 Å². The van der Waals surface area contributed by atoms with E-state index in [2.05, 4.69) is 5.32 Å². The molecule has 0 aliphatic heterocycles. The van der Waals surface area contributed by atoms with E-state index in [4.69, 9.17) is 22.1 Å². The fraction of sp³-hybridized carbons (Fsp3) is 0.176. The molecule has 0 spiro atoms. The van der Waals surface area contributed by atoms with Gasteiger partial charge in [-0.25, -0.2) is 0 Å². The van der Waals surface area contributed by atoms with E-state index in [-0.39, 0.29) is 12.5 Å². The third-order valence-corrected chi connectivity index (χ3v) is 3.39. The minimum atomic E-state index is -0.673. The van der Waals surface area contributed by atoms with Gasteiger partial charge in [-0.05, 0) is 42.8 Å². The third kappa shape index (κ3) is 5.00. The van der Waals surface area contributed by atoms with Gasteiger partial charge in [-0.3, -0.25) is 9.59 Å². The van der Waals surface area contributed by atoms with Crippen LogP contribution in [0.25, 0.3) is 0 Å². The Labute approximate surface area is 139 Å². The summed E-state index contributed by atoms with van der Waals surface area (Å²) in [5, 5.41) is 3.29. The van der Waals surface area contributed by atoms with Crippen LogP contribution < -0.4 is 15.8 Å². The summed E-state index contributed by atoms with van der Waals surface area (Å²) >= 11 is 5.87. The van der Waals surface area contributed by atoms with Crippen molar-refractivity contribution in [3.63, 3.8) is 0 Å². The molecule has 0 radical (unpaired) electrons. The number of nitrogens with two attached hydrogens (primary N) is 1. The smallest absolute Gasteiger partial charge is 0.261 e. The first kappa shape index (κ1) is 16.8. The maximum Gasteiger partial charge on any atom is 0.261 e. The Kier molecular flexibility index (Phi) is 5.60. The average molecular weight is 333 g/mol. The number of hydrogen-bond acceptors (Lipinski definition) is 3. The molecule has 0 saturated carbocycles. The van der Waals surface area contributed by atoms with Crippen LogP contribution in [0.2, 0.25) is 5.02 Å². The topological polar surface area (TPSA) is 81.4 Å². The maximum absolute atomic E-state index is 12.1. The van der Waals surface area contributed by atoms with Crippen LogP contribution in [0.4, 0.5) is 0 Å². The molecule has 120 valence electrons. The van der Waals surface area contributed by atoms with Crippen LogP contribution in [0, 0.1) is 0 Å². The quantitative estimate of drug-likeness (QED) is 0.852. The molecule has 5 nitrogen and oxygen atoms in total. The van der Waals surface area contributed by atoms with Crippen LogP contribution in [-0.2, 0) is 11.3 Å². The van der Waals surface area contributed by atoms with Gasteiger partial charge in [-0.1, -0.05) is 29.8 Å². The van der Waals surface area contributed by atoms with Gasteiger partial charge in [0.1, 0.15) is 5.75 Å². The van der Waals surface area contributed by atoms with E-state index in [0.29, 0.717) is 16.3 Å². The molecule has 2 aromatic carbocycles. The Balaban J connectivity index is 1.91. The number of amides is 2. The predicted octanol–water partition coefficient (Wildman–Crippen LogP) is 2.52. The molecule has 6 heteroatoms. The number of carbonyl (C=O) groups is 2. The number of ether oxygens (including phenoxy) is 1. The highest BCUT2D eigenvalue weighted by Crippen LogP contribution is 2.18. The van der Waals surface area contributed by atoms with Crippen LogP contribution in [0.15, 0.2) is 48.5 Å². The molecule has 0 saturated heterocycles. The van der Waals surface area contributed by atoms with Crippen molar-refractivity contribution < 1.29 is 14.3 Å². The first-order chi connectivity index (χ1) is 11.0. The molecule has 23 heavy (non-hydrogen) atoms. The molecule has 2 amide bonds. The lowest BCUT2D eigenvalue weighted by atomic mass is 10.1. The SMILES string of the molecule is CC(Oc1cccc(Cl)c1)C(=O)NCc1cccc(C(N)=O)c1. The Bertz CT molecular complexity index is 718. The second-order valence-electron chi connectivity index (χ2n) is 5.00. The summed E-state index contributed by atoms with van der Waals surface area (Å²) in [5.41, 5.74) is 6.41. The van der Waals surface area contributed by atoms with E-state index in [0.717, 1.165) is 5.56 Å². The molecule has 0 fully saturated rings. The second kappa shape index (κ2) is 7.65. The van der Waals surface area contributed by atoms with Gasteiger partial charge in [0.2, 0.25) is 5.91 Å². The molecule has 2 rings (SSSR count). The number of rotatable bonds is 6. The van der Waals surface area contributed by atoms with E-state index in [1.54, 1.807) is 55.5 Å². The van der Waals surface area contributed by atoms with Crippen LogP contribution >= 0.6 is 11.6 Å². The maximum atomic E-state index is 12.1. The number of carbonyl (C=O) groups excluding carboxylic acids is 2. The Morgan fingerprint density at radius 1 is 1.22 bits per heavy atom. The van der Waals surface area contributed by atoms with Crippen LogP contribution in [0.3, 0.4) is 0 Å². The summed E-state index contributed by atoms with van der Waals surface area (Å²) < 4.78 is 5.54. The number of hydrogen-bond donors (Lipinski definition) is 2. The fourth-order valence-corrected chi connectivity index (χ4v) is 2.15. The molecule has 2 aromatic rings. The van der Waals surface area contributed by atoms with Gasteiger partial charge in [0.25, 0.3) is 5.91 Å². The zero-order valence-corrected chi connectivity index (χ0v) is 13.3.